The Morgan fingerprint density at radius 2 is 2.12 bits per heavy atom. The van der Waals surface area contributed by atoms with Crippen molar-refractivity contribution in [1.29, 1.82) is 0 Å². The third kappa shape index (κ3) is 4.48. The van der Waals surface area contributed by atoms with Crippen LogP contribution in [-0.4, -0.2) is 69.8 Å². The lowest BCUT2D eigenvalue weighted by Crippen LogP contribution is -2.51. The van der Waals surface area contributed by atoms with Crippen LogP contribution in [0.2, 0.25) is 0 Å². The highest BCUT2D eigenvalue weighted by atomic mass is 19.1. The van der Waals surface area contributed by atoms with Crippen LogP contribution in [-0.2, 0) is 9.53 Å². The summed E-state index contributed by atoms with van der Waals surface area (Å²) in [6.45, 7) is 7.29. The number of likely N-dealkylation sites (N-methyl/N-ethyl adjacent to an activating group) is 1. The van der Waals surface area contributed by atoms with Crippen molar-refractivity contribution in [3.8, 4) is 0 Å². The molecule has 7 heteroatoms. The van der Waals surface area contributed by atoms with Gasteiger partial charge in [0.2, 0.25) is 5.91 Å². The number of ether oxygens (including phenoxy) is 1. The second kappa shape index (κ2) is 8.12. The molecule has 2 unspecified atom stereocenters. The van der Waals surface area contributed by atoms with Gasteiger partial charge in [-0.3, -0.25) is 4.79 Å². The zero-order valence-corrected chi connectivity index (χ0v) is 14.9. The average Bonchev–Trinajstić information content (AvgIpc) is 2.63. The Kier molecular flexibility index (Phi) is 5.88. The minimum Gasteiger partial charge on any atom is -0.378 e. The van der Waals surface area contributed by atoms with Crippen molar-refractivity contribution in [2.24, 2.45) is 0 Å². The van der Waals surface area contributed by atoms with Crippen LogP contribution in [0.1, 0.15) is 18.5 Å². The molecule has 1 aromatic carbocycles. The molecule has 0 aliphatic carbocycles. The van der Waals surface area contributed by atoms with Gasteiger partial charge in [0.25, 0.3) is 0 Å². The fourth-order valence-electron chi connectivity index (χ4n) is 3.33. The number of hydrogen-bond acceptors (Lipinski definition) is 5. The summed E-state index contributed by atoms with van der Waals surface area (Å²) in [6, 6.07) is 4.21. The number of anilines is 1. The first-order valence-electron chi connectivity index (χ1n) is 8.89. The van der Waals surface area contributed by atoms with Gasteiger partial charge in [-0.15, -0.1) is 0 Å². The maximum absolute atomic E-state index is 13.9. The van der Waals surface area contributed by atoms with E-state index in [-0.39, 0.29) is 23.8 Å². The number of benzene rings is 1. The van der Waals surface area contributed by atoms with Gasteiger partial charge < -0.3 is 25.2 Å². The molecule has 2 aliphatic rings. The molecule has 2 heterocycles. The Morgan fingerprint density at radius 3 is 2.80 bits per heavy atom. The minimum atomic E-state index is -0.350. The maximum Gasteiger partial charge on any atom is 0.240 e. The largest absolute Gasteiger partial charge is 0.378 e. The van der Waals surface area contributed by atoms with E-state index in [1.807, 2.05) is 13.0 Å². The van der Waals surface area contributed by atoms with Crippen LogP contribution in [0.15, 0.2) is 18.2 Å². The molecule has 3 rings (SSSR count). The van der Waals surface area contributed by atoms with Gasteiger partial charge in [-0.2, -0.15) is 0 Å². The molecule has 0 bridgehead atoms. The second-order valence-electron chi connectivity index (χ2n) is 6.81. The van der Waals surface area contributed by atoms with Crippen LogP contribution in [0.25, 0.3) is 0 Å². The number of carbonyl (C=O) groups is 1. The first-order valence-corrected chi connectivity index (χ1v) is 8.89. The monoisotopic (exact) mass is 350 g/mol. The van der Waals surface area contributed by atoms with Gasteiger partial charge in [0.1, 0.15) is 11.9 Å². The molecule has 1 aromatic rings. The van der Waals surface area contributed by atoms with Crippen molar-refractivity contribution in [2.75, 3.05) is 57.9 Å². The van der Waals surface area contributed by atoms with E-state index in [1.165, 1.54) is 12.1 Å². The van der Waals surface area contributed by atoms with Crippen molar-refractivity contribution in [3.63, 3.8) is 0 Å². The van der Waals surface area contributed by atoms with Gasteiger partial charge in [-0.1, -0.05) is 0 Å². The lowest BCUT2D eigenvalue weighted by atomic mass is 10.0. The molecule has 25 heavy (non-hydrogen) atoms. The number of halogens is 1. The minimum absolute atomic E-state index is 0.110. The van der Waals surface area contributed by atoms with Gasteiger partial charge in [0, 0.05) is 44.0 Å². The zero-order chi connectivity index (χ0) is 17.8. The molecular weight excluding hydrogens is 323 g/mol. The molecule has 1 amide bonds. The molecule has 2 aliphatic heterocycles. The molecule has 2 fully saturated rings. The smallest absolute Gasteiger partial charge is 0.240 e. The summed E-state index contributed by atoms with van der Waals surface area (Å²) < 4.78 is 19.2. The Bertz CT molecular complexity index is 599. The number of amides is 1. The van der Waals surface area contributed by atoms with E-state index in [0.29, 0.717) is 19.8 Å². The zero-order valence-electron chi connectivity index (χ0n) is 14.9. The summed E-state index contributed by atoms with van der Waals surface area (Å²) in [5.74, 6) is -0.395. The van der Waals surface area contributed by atoms with E-state index in [2.05, 4.69) is 27.5 Å². The molecule has 2 saturated heterocycles. The predicted molar refractivity (Wildman–Crippen MR) is 95.3 cm³/mol. The molecule has 2 N–H and O–H groups in total. The Labute approximate surface area is 148 Å². The van der Waals surface area contributed by atoms with Crippen molar-refractivity contribution < 1.29 is 13.9 Å². The molecule has 0 saturated carbocycles. The number of nitrogens with zero attached hydrogens (tertiary/aromatic N) is 2. The summed E-state index contributed by atoms with van der Waals surface area (Å²) in [4.78, 5) is 17.0. The van der Waals surface area contributed by atoms with Crippen LogP contribution in [0.4, 0.5) is 10.1 Å². The third-order valence-electron chi connectivity index (χ3n) is 4.90. The molecular formula is C18H27FN4O2. The normalized spacial score (nSPS) is 23.3. The topological polar surface area (TPSA) is 56.8 Å². The highest BCUT2D eigenvalue weighted by molar-refractivity contribution is 5.82. The lowest BCUT2D eigenvalue weighted by Gasteiger charge is -2.36. The Balaban J connectivity index is 1.73. The summed E-state index contributed by atoms with van der Waals surface area (Å²) in [6.07, 6.45) is 0. The van der Waals surface area contributed by atoms with Crippen molar-refractivity contribution in [1.82, 2.24) is 15.5 Å². The lowest BCUT2D eigenvalue weighted by molar-refractivity contribution is -0.126. The first-order chi connectivity index (χ1) is 12.0. The Morgan fingerprint density at radius 1 is 1.36 bits per heavy atom. The van der Waals surface area contributed by atoms with E-state index in [1.54, 1.807) is 0 Å². The standard InChI is InChI=1S/C18H27FN4O2/c1-13(21-18(24)16-12-25-10-5-20-16)15-11-14(19)3-4-17(15)23-8-6-22(2)7-9-23/h3-4,11,13,16,20H,5-10,12H2,1-2H3,(H,21,24). The second-order valence-corrected chi connectivity index (χ2v) is 6.81. The fraction of sp³-hybridized carbons (Fsp3) is 0.611. The summed E-state index contributed by atoms with van der Waals surface area (Å²) in [5.41, 5.74) is 1.81. The van der Waals surface area contributed by atoms with E-state index >= 15 is 0 Å². The highest BCUT2D eigenvalue weighted by Gasteiger charge is 2.25. The SMILES string of the molecule is CC(NC(=O)C1COCCN1)c1cc(F)ccc1N1CCN(C)CC1. The van der Waals surface area contributed by atoms with Crippen LogP contribution in [0.3, 0.4) is 0 Å². The van der Waals surface area contributed by atoms with Crippen molar-refractivity contribution in [2.45, 2.75) is 19.0 Å². The van der Waals surface area contributed by atoms with Crippen LogP contribution < -0.4 is 15.5 Å². The fourth-order valence-corrected chi connectivity index (χ4v) is 3.33. The molecule has 138 valence electrons. The number of hydrogen-bond donors (Lipinski definition) is 2. The van der Waals surface area contributed by atoms with E-state index in [9.17, 15) is 9.18 Å². The number of morpholine rings is 1. The molecule has 6 nitrogen and oxygen atoms in total. The van der Waals surface area contributed by atoms with E-state index < -0.39 is 0 Å². The highest BCUT2D eigenvalue weighted by Crippen LogP contribution is 2.28. The number of piperazine rings is 1. The van der Waals surface area contributed by atoms with Gasteiger partial charge >= 0.3 is 0 Å². The van der Waals surface area contributed by atoms with Crippen molar-refractivity contribution in [3.05, 3.63) is 29.6 Å². The van der Waals surface area contributed by atoms with Crippen molar-refractivity contribution >= 4 is 11.6 Å². The predicted octanol–water partition coefficient (Wildman–Crippen LogP) is 0.743. The van der Waals surface area contributed by atoms with Gasteiger partial charge in [0.15, 0.2) is 0 Å². The van der Waals surface area contributed by atoms with E-state index in [4.69, 9.17) is 4.74 Å². The van der Waals surface area contributed by atoms with Gasteiger partial charge in [-0.25, -0.2) is 4.39 Å². The van der Waals surface area contributed by atoms with Gasteiger partial charge in [0.05, 0.1) is 19.3 Å². The average molecular weight is 350 g/mol. The Hall–Kier alpha value is -1.70. The molecule has 2 atom stereocenters. The quantitative estimate of drug-likeness (QED) is 0.839. The third-order valence-corrected chi connectivity index (χ3v) is 4.90. The molecule has 0 spiro atoms. The van der Waals surface area contributed by atoms with Crippen LogP contribution in [0, 0.1) is 5.82 Å². The molecule has 0 radical (unpaired) electrons. The van der Waals surface area contributed by atoms with Crippen LogP contribution >= 0.6 is 0 Å². The summed E-state index contributed by atoms with van der Waals surface area (Å²) in [7, 11) is 2.10. The van der Waals surface area contributed by atoms with Crippen LogP contribution in [0.5, 0.6) is 0 Å². The van der Waals surface area contributed by atoms with E-state index in [0.717, 1.165) is 37.4 Å². The number of rotatable bonds is 4. The number of nitrogens with one attached hydrogen (secondary N) is 2. The summed E-state index contributed by atoms with van der Waals surface area (Å²) >= 11 is 0. The molecule has 0 aromatic heterocycles. The number of carbonyl (C=O) groups excluding carboxylic acids is 1. The van der Waals surface area contributed by atoms with Gasteiger partial charge in [-0.05, 0) is 32.2 Å². The first kappa shape index (κ1) is 18.1. The maximum atomic E-state index is 13.9. The summed E-state index contributed by atoms with van der Waals surface area (Å²) in [5, 5.41) is 6.14.